The Labute approximate surface area is 136 Å². The van der Waals surface area contributed by atoms with Gasteiger partial charge in [0.05, 0.1) is 5.39 Å². The molecule has 126 valence electrons. The van der Waals surface area contributed by atoms with Crippen LogP contribution in [0.15, 0.2) is 18.2 Å². The third-order valence-corrected chi connectivity index (χ3v) is 4.80. The van der Waals surface area contributed by atoms with Crippen LogP contribution in [0.5, 0.6) is 0 Å². The van der Waals surface area contributed by atoms with Crippen LogP contribution in [0, 0.1) is 30.3 Å². The first-order valence-electron chi connectivity index (χ1n) is 8.55. The lowest BCUT2D eigenvalue weighted by Crippen LogP contribution is -2.13. The number of hydrogen-bond acceptors (Lipinski definition) is 0. The van der Waals surface area contributed by atoms with Gasteiger partial charge in [0.2, 0.25) is 0 Å². The molecule has 3 rings (SSSR count). The highest BCUT2D eigenvalue weighted by Gasteiger charge is 2.26. The van der Waals surface area contributed by atoms with Gasteiger partial charge in [-0.15, -0.1) is 0 Å². The van der Waals surface area contributed by atoms with Crippen LogP contribution in [0.2, 0.25) is 0 Å². The van der Waals surface area contributed by atoms with E-state index in [1.54, 1.807) is 25.1 Å². The fraction of sp³-hybridized carbons (Fsp3) is 0.500. The Morgan fingerprint density at radius 3 is 2.09 bits per heavy atom. The first kappa shape index (κ1) is 17.8. The minimum atomic E-state index is -1.04. The molecule has 0 unspecified atom stereocenters. The quantitative estimate of drug-likeness (QED) is 0.536. The van der Waals surface area contributed by atoms with Crippen molar-refractivity contribution in [3.63, 3.8) is 0 Å². The molecule has 2 aromatic carbocycles. The summed E-state index contributed by atoms with van der Waals surface area (Å²) in [6, 6.07) is 4.92. The van der Waals surface area contributed by atoms with Crippen molar-refractivity contribution in [2.45, 2.75) is 59.3 Å². The Balaban J connectivity index is 0.000000924. The number of benzene rings is 2. The summed E-state index contributed by atoms with van der Waals surface area (Å²) in [5, 5.41) is 0.228. The van der Waals surface area contributed by atoms with Gasteiger partial charge >= 0.3 is 0 Å². The predicted molar refractivity (Wildman–Crippen MR) is 90.3 cm³/mol. The molecule has 0 spiro atoms. The zero-order valence-electron chi connectivity index (χ0n) is 14.3. The van der Waals surface area contributed by atoms with Crippen molar-refractivity contribution in [3.05, 3.63) is 46.8 Å². The van der Waals surface area contributed by atoms with Crippen LogP contribution in [-0.2, 0) is 0 Å². The Kier molecular flexibility index (Phi) is 5.72. The van der Waals surface area contributed by atoms with Crippen LogP contribution in [0.4, 0.5) is 13.2 Å². The molecular formula is C20H25F3. The minimum absolute atomic E-state index is 0.0458. The Bertz CT molecular complexity index is 683. The zero-order valence-corrected chi connectivity index (χ0v) is 14.3. The molecule has 3 heteroatoms. The maximum absolute atomic E-state index is 14.4. The van der Waals surface area contributed by atoms with Gasteiger partial charge < -0.3 is 0 Å². The maximum atomic E-state index is 14.4. The smallest absolute Gasteiger partial charge is 0.169 e. The predicted octanol–water partition coefficient (Wildman–Crippen LogP) is 6.89. The molecular weight excluding hydrogens is 297 g/mol. The Hall–Kier alpha value is -1.51. The molecule has 1 fully saturated rings. The zero-order chi connectivity index (χ0) is 17.1. The molecule has 0 bridgehead atoms. The van der Waals surface area contributed by atoms with Crippen LogP contribution in [0.25, 0.3) is 10.8 Å². The first-order valence-corrected chi connectivity index (χ1v) is 8.55. The van der Waals surface area contributed by atoms with E-state index in [0.717, 1.165) is 25.7 Å². The molecule has 23 heavy (non-hydrogen) atoms. The van der Waals surface area contributed by atoms with Crippen molar-refractivity contribution >= 4 is 10.8 Å². The van der Waals surface area contributed by atoms with Crippen molar-refractivity contribution in [1.82, 2.24) is 0 Å². The fourth-order valence-electron chi connectivity index (χ4n) is 3.37. The number of rotatable bonds is 1. The molecule has 0 amide bonds. The molecule has 1 saturated carbocycles. The van der Waals surface area contributed by atoms with E-state index in [-0.39, 0.29) is 11.3 Å². The summed E-state index contributed by atoms with van der Waals surface area (Å²) in [6.45, 7) is 7.74. The van der Waals surface area contributed by atoms with Crippen LogP contribution >= 0.6 is 0 Å². The molecule has 0 N–H and O–H groups in total. The molecule has 0 nitrogen and oxygen atoms in total. The van der Waals surface area contributed by atoms with Gasteiger partial charge in [0.25, 0.3) is 0 Å². The second-order valence-electron chi connectivity index (χ2n) is 6.35. The average molecular weight is 322 g/mol. The highest BCUT2D eigenvalue weighted by molar-refractivity contribution is 5.85. The summed E-state index contributed by atoms with van der Waals surface area (Å²) in [4.78, 5) is 0. The fourth-order valence-corrected chi connectivity index (χ4v) is 3.37. The van der Waals surface area contributed by atoms with Gasteiger partial charge in [0, 0.05) is 0 Å². The molecule has 0 saturated heterocycles. The molecule has 0 radical (unpaired) electrons. The normalized spacial score (nSPS) is 21.0. The average Bonchev–Trinajstić information content (AvgIpc) is 2.57. The lowest BCUT2D eigenvalue weighted by atomic mass is 9.79. The van der Waals surface area contributed by atoms with Crippen molar-refractivity contribution in [2.75, 3.05) is 0 Å². The van der Waals surface area contributed by atoms with Gasteiger partial charge in [-0.1, -0.05) is 45.7 Å². The molecule has 1 aliphatic rings. The monoisotopic (exact) mass is 322 g/mol. The van der Waals surface area contributed by atoms with Crippen LogP contribution in [0.1, 0.15) is 63.5 Å². The number of fused-ring (bicyclic) bond motifs is 1. The van der Waals surface area contributed by atoms with Gasteiger partial charge in [-0.25, -0.2) is 13.2 Å². The minimum Gasteiger partial charge on any atom is -0.206 e. The van der Waals surface area contributed by atoms with Crippen molar-refractivity contribution in [1.29, 1.82) is 0 Å². The molecule has 0 aromatic heterocycles. The van der Waals surface area contributed by atoms with Crippen LogP contribution in [0.3, 0.4) is 0 Å². The van der Waals surface area contributed by atoms with Crippen LogP contribution in [-0.4, -0.2) is 0 Å². The van der Waals surface area contributed by atoms with Crippen molar-refractivity contribution in [3.8, 4) is 0 Å². The van der Waals surface area contributed by atoms with E-state index in [0.29, 0.717) is 22.4 Å². The third kappa shape index (κ3) is 3.39. The van der Waals surface area contributed by atoms with Gasteiger partial charge in [0.1, 0.15) is 5.82 Å². The first-order chi connectivity index (χ1) is 11.0. The molecule has 0 atom stereocenters. The summed E-state index contributed by atoms with van der Waals surface area (Å²) in [5.41, 5.74) is 0.746. The van der Waals surface area contributed by atoms with E-state index in [2.05, 4.69) is 6.92 Å². The highest BCUT2D eigenvalue weighted by Crippen LogP contribution is 2.39. The van der Waals surface area contributed by atoms with E-state index >= 15 is 0 Å². The summed E-state index contributed by atoms with van der Waals surface area (Å²) in [5.74, 6) is -1.87. The summed E-state index contributed by atoms with van der Waals surface area (Å²) in [6.07, 6.45) is 3.81. The molecule has 0 aliphatic heterocycles. The number of halogens is 3. The van der Waals surface area contributed by atoms with E-state index in [4.69, 9.17) is 0 Å². The van der Waals surface area contributed by atoms with Gasteiger partial charge in [-0.05, 0) is 54.2 Å². The van der Waals surface area contributed by atoms with E-state index < -0.39 is 17.5 Å². The van der Waals surface area contributed by atoms with Crippen LogP contribution < -0.4 is 0 Å². The Morgan fingerprint density at radius 1 is 0.870 bits per heavy atom. The SMILES string of the molecule is CC.Cc1ccc2cc(C3CCC(C)CC3)c(F)c(F)c2c1F. The van der Waals surface area contributed by atoms with E-state index in [1.165, 1.54) is 0 Å². The number of hydrogen-bond donors (Lipinski definition) is 0. The third-order valence-electron chi connectivity index (χ3n) is 4.80. The maximum Gasteiger partial charge on any atom is 0.169 e. The molecule has 2 aromatic rings. The summed E-state index contributed by atoms with van der Waals surface area (Å²) < 4.78 is 42.8. The second kappa shape index (κ2) is 7.37. The lowest BCUT2D eigenvalue weighted by Gasteiger charge is -2.27. The molecule has 0 heterocycles. The standard InChI is InChI=1S/C18H19F3.C2H6/c1-10-3-6-12(7-4-10)14-9-13-8-5-11(2)16(19)15(13)18(21)17(14)20;1-2/h5,8-10,12H,3-4,6-7H2,1-2H3;1-2H3. The van der Waals surface area contributed by atoms with Crippen molar-refractivity contribution < 1.29 is 13.2 Å². The Morgan fingerprint density at radius 2 is 1.48 bits per heavy atom. The van der Waals surface area contributed by atoms with E-state index in [1.807, 2.05) is 13.8 Å². The topological polar surface area (TPSA) is 0 Å². The van der Waals surface area contributed by atoms with E-state index in [9.17, 15) is 13.2 Å². The van der Waals surface area contributed by atoms with Crippen molar-refractivity contribution in [2.24, 2.45) is 5.92 Å². The number of aryl methyl sites for hydroxylation is 1. The molecule has 1 aliphatic carbocycles. The lowest BCUT2D eigenvalue weighted by molar-refractivity contribution is 0.339. The summed E-state index contributed by atoms with van der Waals surface area (Å²) >= 11 is 0. The van der Waals surface area contributed by atoms with Gasteiger partial charge in [-0.3, -0.25) is 0 Å². The highest BCUT2D eigenvalue weighted by atomic mass is 19.2. The second-order valence-corrected chi connectivity index (χ2v) is 6.35. The summed E-state index contributed by atoms with van der Waals surface area (Å²) in [7, 11) is 0. The van der Waals surface area contributed by atoms with Gasteiger partial charge in [0.15, 0.2) is 11.6 Å². The largest absolute Gasteiger partial charge is 0.206 e. The van der Waals surface area contributed by atoms with Gasteiger partial charge in [-0.2, -0.15) is 0 Å².